The Bertz CT molecular complexity index is 1260. The first-order chi connectivity index (χ1) is 21.0. The molecule has 11 heteroatoms. The molecule has 10 nitrogen and oxygen atoms in total. The van der Waals surface area contributed by atoms with Crippen LogP contribution >= 0.6 is 7.52 Å². The van der Waals surface area contributed by atoms with Crippen LogP contribution in [-0.2, 0) is 32.8 Å². The summed E-state index contributed by atoms with van der Waals surface area (Å²) in [5, 5.41) is 2.61. The van der Waals surface area contributed by atoms with E-state index < -0.39 is 32.5 Å². The Balaban J connectivity index is 1.12. The number of rotatable bonds is 11. The van der Waals surface area contributed by atoms with Crippen LogP contribution in [0.4, 0.5) is 4.79 Å². The average molecular weight is 633 g/mol. The van der Waals surface area contributed by atoms with Gasteiger partial charge in [0.05, 0.1) is 6.61 Å². The van der Waals surface area contributed by atoms with Crippen molar-refractivity contribution in [1.29, 1.82) is 0 Å². The van der Waals surface area contributed by atoms with Crippen LogP contribution in [0.1, 0.15) is 84.6 Å². The van der Waals surface area contributed by atoms with Crippen molar-refractivity contribution in [2.45, 2.75) is 91.2 Å². The first kappa shape index (κ1) is 33.1. The maximum atomic E-state index is 13.1. The van der Waals surface area contributed by atoms with E-state index in [0.29, 0.717) is 23.7 Å². The van der Waals surface area contributed by atoms with E-state index in [1.807, 2.05) is 18.5 Å². The number of nitrogens with zero attached hydrogens (tertiary/aromatic N) is 1. The van der Waals surface area contributed by atoms with Gasteiger partial charge >= 0.3 is 12.1 Å². The Morgan fingerprint density at radius 2 is 1.95 bits per heavy atom. The number of carbonyl (C=O) groups is 2. The molecule has 44 heavy (non-hydrogen) atoms. The van der Waals surface area contributed by atoms with Crippen molar-refractivity contribution in [3.63, 3.8) is 0 Å². The fraction of sp³-hybridized carbons (Fsp3) is 0.727. The smallest absolute Gasteiger partial charge is 0.465 e. The number of fused-ring (bicyclic) bond motifs is 5. The molecule has 1 heterocycles. The lowest BCUT2D eigenvalue weighted by Crippen LogP contribution is -2.53. The number of hydrogen-bond acceptors (Lipinski definition) is 9. The molecular weight excluding hydrogens is 583 g/mol. The Morgan fingerprint density at radius 1 is 1.14 bits per heavy atom. The number of ether oxygens (including phenoxy) is 4. The number of carbonyl (C=O) groups excluding carboxylic acids is 2. The van der Waals surface area contributed by atoms with Gasteiger partial charge < -0.3 is 18.9 Å². The summed E-state index contributed by atoms with van der Waals surface area (Å²) in [6, 6.07) is 3.36. The van der Waals surface area contributed by atoms with E-state index in [9.17, 15) is 14.2 Å². The van der Waals surface area contributed by atoms with Crippen LogP contribution in [0.3, 0.4) is 0 Å². The molecule has 0 amide bonds. The van der Waals surface area contributed by atoms with Crippen molar-refractivity contribution in [2.75, 3.05) is 26.9 Å². The molecule has 244 valence electrons. The molecule has 1 aromatic rings. The minimum absolute atomic E-state index is 0.197. The Labute approximate surface area is 261 Å². The van der Waals surface area contributed by atoms with E-state index in [0.717, 1.165) is 32.1 Å². The quantitative estimate of drug-likeness (QED) is 0.156. The summed E-state index contributed by atoms with van der Waals surface area (Å²) < 4.78 is 39.3. The highest BCUT2D eigenvalue weighted by Crippen LogP contribution is 2.67. The van der Waals surface area contributed by atoms with E-state index in [-0.39, 0.29) is 29.9 Å². The minimum Gasteiger partial charge on any atom is -0.465 e. The van der Waals surface area contributed by atoms with Gasteiger partial charge in [0.2, 0.25) is 6.79 Å². The minimum atomic E-state index is -3.64. The second-order valence-electron chi connectivity index (χ2n) is 13.6. The summed E-state index contributed by atoms with van der Waals surface area (Å²) in [4.78, 5) is 28.9. The topological polar surface area (TPSA) is 122 Å². The number of aromatic nitrogens is 1. The second-order valence-corrected chi connectivity index (χ2v) is 15.7. The van der Waals surface area contributed by atoms with Crippen LogP contribution in [0.5, 0.6) is 0 Å². The maximum absolute atomic E-state index is 13.1. The lowest BCUT2D eigenvalue weighted by Gasteiger charge is -2.60. The standard InChI is InChI=1S/C33H49N2O8P/c1-6-40-30(36)22(2)35-44(38,21-39-5)42-20-41-31(37)43-25-13-15-32(3)24(18-25)9-10-26-28-12-11-27(23-8-7-17-34-19-23)33(28,4)16-14-29(26)32/h7-8,11,17,19,22,24-26,28-29H,6,9-10,12-16,18,20-21H2,1-5H3,(H,35,38)/t22-,24?,25-,26-,28?,29?,32-,33+,44?/m0/s1. The molecule has 3 fully saturated rings. The molecule has 4 aliphatic carbocycles. The Kier molecular flexibility index (Phi) is 10.2. The lowest BCUT2D eigenvalue weighted by molar-refractivity contribution is -0.144. The van der Waals surface area contributed by atoms with Crippen LogP contribution in [0.25, 0.3) is 5.57 Å². The predicted molar refractivity (Wildman–Crippen MR) is 165 cm³/mol. The number of hydrogen-bond donors (Lipinski definition) is 1. The highest BCUT2D eigenvalue weighted by molar-refractivity contribution is 7.56. The summed E-state index contributed by atoms with van der Waals surface area (Å²) >= 11 is 0. The summed E-state index contributed by atoms with van der Waals surface area (Å²) in [6.45, 7) is 7.78. The molecule has 4 unspecified atom stereocenters. The van der Waals surface area contributed by atoms with Crippen molar-refractivity contribution in [2.24, 2.45) is 34.5 Å². The van der Waals surface area contributed by atoms with E-state index in [4.69, 9.17) is 23.5 Å². The largest absolute Gasteiger partial charge is 0.510 e. The molecule has 0 saturated heterocycles. The van der Waals surface area contributed by atoms with Gasteiger partial charge in [-0.05, 0) is 117 Å². The molecule has 0 spiro atoms. The van der Waals surface area contributed by atoms with Gasteiger partial charge in [-0.3, -0.25) is 18.9 Å². The lowest BCUT2D eigenvalue weighted by atomic mass is 9.44. The Morgan fingerprint density at radius 3 is 2.68 bits per heavy atom. The van der Waals surface area contributed by atoms with Crippen LogP contribution < -0.4 is 5.09 Å². The normalized spacial score (nSPS) is 34.8. The van der Waals surface area contributed by atoms with Crippen LogP contribution in [0, 0.1) is 34.5 Å². The fourth-order valence-electron chi connectivity index (χ4n) is 9.09. The average Bonchev–Trinajstić information content (AvgIpc) is 3.35. The predicted octanol–water partition coefficient (Wildman–Crippen LogP) is 6.95. The summed E-state index contributed by atoms with van der Waals surface area (Å²) in [5.41, 5.74) is 3.21. The molecule has 0 radical (unpaired) electrons. The van der Waals surface area contributed by atoms with Crippen molar-refractivity contribution in [3.8, 4) is 0 Å². The molecule has 5 rings (SSSR count). The zero-order valence-corrected chi connectivity index (χ0v) is 27.7. The van der Waals surface area contributed by atoms with Crippen LogP contribution in [0.2, 0.25) is 0 Å². The van der Waals surface area contributed by atoms with Crippen LogP contribution in [0.15, 0.2) is 30.6 Å². The van der Waals surface area contributed by atoms with Crippen molar-refractivity contribution in [1.82, 2.24) is 10.1 Å². The number of methoxy groups -OCH3 is 1. The van der Waals surface area contributed by atoms with Gasteiger partial charge in [0.25, 0.3) is 7.52 Å². The number of allylic oxidation sites excluding steroid dienone is 2. The third-order valence-electron chi connectivity index (χ3n) is 11.2. The molecule has 3 saturated carbocycles. The van der Waals surface area contributed by atoms with Gasteiger partial charge in [0, 0.05) is 19.5 Å². The SMILES string of the molecule is CCOC(=O)[C@H](C)NP(=O)(COC)OCOC(=O)O[C@H]1CC[C@@]2(C)C(CC[C@@H]3C2CC[C@]2(C)C(c4cccnc4)=CCC32)C1. The summed E-state index contributed by atoms with van der Waals surface area (Å²) in [6.07, 6.45) is 13.6. The van der Waals surface area contributed by atoms with E-state index in [2.05, 4.69) is 36.1 Å². The molecule has 1 N–H and O–H groups in total. The summed E-state index contributed by atoms with van der Waals surface area (Å²) in [5.74, 6) is 1.99. The van der Waals surface area contributed by atoms with E-state index >= 15 is 0 Å². The van der Waals surface area contributed by atoms with Crippen molar-refractivity contribution < 1.29 is 37.6 Å². The first-order valence-corrected chi connectivity index (χ1v) is 18.0. The van der Waals surface area contributed by atoms with E-state index in [1.165, 1.54) is 44.4 Å². The van der Waals surface area contributed by atoms with Gasteiger partial charge in [-0.1, -0.05) is 26.0 Å². The number of nitrogens with one attached hydrogen (secondary N) is 1. The van der Waals surface area contributed by atoms with Gasteiger partial charge in [-0.15, -0.1) is 0 Å². The fourth-order valence-corrected chi connectivity index (χ4v) is 10.6. The van der Waals surface area contributed by atoms with Crippen molar-refractivity contribution >= 4 is 25.2 Å². The highest BCUT2D eigenvalue weighted by atomic mass is 31.2. The van der Waals surface area contributed by atoms with Crippen LogP contribution in [-0.4, -0.2) is 56.1 Å². The second kappa shape index (κ2) is 13.6. The zero-order valence-electron chi connectivity index (χ0n) is 26.8. The monoisotopic (exact) mass is 632 g/mol. The molecule has 0 aliphatic heterocycles. The van der Waals surface area contributed by atoms with Gasteiger partial charge in [0.1, 0.15) is 18.5 Å². The maximum Gasteiger partial charge on any atom is 0.510 e. The molecule has 0 aromatic carbocycles. The molecule has 4 aliphatic rings. The van der Waals surface area contributed by atoms with Crippen molar-refractivity contribution in [3.05, 3.63) is 36.2 Å². The molecular formula is C33H49N2O8P. The van der Waals surface area contributed by atoms with Gasteiger partial charge in [-0.25, -0.2) is 9.88 Å². The number of pyridine rings is 1. The third kappa shape index (κ3) is 6.64. The van der Waals surface area contributed by atoms with Gasteiger partial charge in [0.15, 0.2) is 0 Å². The third-order valence-corrected chi connectivity index (χ3v) is 13.1. The first-order valence-electron chi connectivity index (χ1n) is 16.1. The Hall–Kier alpha value is -2.26. The van der Waals surface area contributed by atoms with Gasteiger partial charge in [-0.2, -0.15) is 0 Å². The van der Waals surface area contributed by atoms with E-state index in [1.54, 1.807) is 6.92 Å². The zero-order chi connectivity index (χ0) is 31.5. The number of esters is 1. The molecule has 9 atom stereocenters. The molecule has 0 bridgehead atoms. The highest BCUT2D eigenvalue weighted by Gasteiger charge is 2.59. The molecule has 1 aromatic heterocycles. The summed E-state index contributed by atoms with van der Waals surface area (Å²) in [7, 11) is -2.28.